The number of nitro groups is 1. The monoisotopic (exact) mass is 376 g/mol. The molecule has 0 unspecified atom stereocenters. The van der Waals surface area contributed by atoms with Gasteiger partial charge in [0.05, 0.1) is 4.92 Å². The van der Waals surface area contributed by atoms with Gasteiger partial charge < -0.3 is 15.4 Å². The number of carbonyl (C=O) groups excluding carboxylic acids is 1. The van der Waals surface area contributed by atoms with Crippen LogP contribution in [0.3, 0.4) is 0 Å². The molecule has 8 nitrogen and oxygen atoms in total. The Bertz CT molecular complexity index is 837. The van der Waals surface area contributed by atoms with E-state index >= 15 is 0 Å². The Labute approximate surface area is 154 Å². The van der Waals surface area contributed by atoms with Crippen LogP contribution in [0.15, 0.2) is 36.5 Å². The van der Waals surface area contributed by atoms with E-state index in [1.54, 1.807) is 18.2 Å². The summed E-state index contributed by atoms with van der Waals surface area (Å²) >= 11 is 5.87. The van der Waals surface area contributed by atoms with Gasteiger partial charge in [-0.05, 0) is 18.2 Å². The van der Waals surface area contributed by atoms with Crippen LogP contribution < -0.4 is 15.4 Å². The molecule has 0 saturated carbocycles. The summed E-state index contributed by atoms with van der Waals surface area (Å²) in [6, 6.07) is 7.86. The number of amides is 1. The van der Waals surface area contributed by atoms with Crippen LogP contribution in [0.5, 0.6) is 5.75 Å². The average Bonchev–Trinajstić information content (AvgIpc) is 2.62. The van der Waals surface area contributed by atoms with Crippen molar-refractivity contribution < 1.29 is 14.5 Å². The van der Waals surface area contributed by atoms with E-state index in [4.69, 9.17) is 22.1 Å². The van der Waals surface area contributed by atoms with Crippen molar-refractivity contribution in [1.82, 2.24) is 4.98 Å². The fourth-order valence-electron chi connectivity index (χ4n) is 2.94. The smallest absolute Gasteiger partial charge is 0.294 e. The highest BCUT2D eigenvalue weighted by Gasteiger charge is 2.26. The number of anilines is 1. The summed E-state index contributed by atoms with van der Waals surface area (Å²) in [7, 11) is 0. The SMILES string of the molecule is NC(=O)c1cc(OC2CCN(c3ccc(Cl)cc3[N+](=O)[O-])CC2)ccn1. The van der Waals surface area contributed by atoms with Gasteiger partial charge in [-0.1, -0.05) is 11.6 Å². The van der Waals surface area contributed by atoms with Crippen molar-refractivity contribution >= 4 is 28.9 Å². The van der Waals surface area contributed by atoms with E-state index in [0.29, 0.717) is 42.4 Å². The maximum atomic E-state index is 11.3. The van der Waals surface area contributed by atoms with Gasteiger partial charge in [0.15, 0.2) is 0 Å². The molecule has 2 N–H and O–H groups in total. The summed E-state index contributed by atoms with van der Waals surface area (Å²) in [4.78, 5) is 27.9. The van der Waals surface area contributed by atoms with Crippen LogP contribution in [0.25, 0.3) is 0 Å². The fraction of sp³-hybridized carbons (Fsp3) is 0.294. The molecule has 0 radical (unpaired) electrons. The molecule has 0 aliphatic carbocycles. The summed E-state index contributed by atoms with van der Waals surface area (Å²) in [5.74, 6) is -0.0787. The average molecular weight is 377 g/mol. The number of hydrogen-bond acceptors (Lipinski definition) is 6. The number of carbonyl (C=O) groups is 1. The molecule has 1 aliphatic heterocycles. The van der Waals surface area contributed by atoms with Crippen LogP contribution in [0.2, 0.25) is 5.02 Å². The third-order valence-electron chi connectivity index (χ3n) is 4.20. The Balaban J connectivity index is 1.66. The first-order chi connectivity index (χ1) is 12.4. The van der Waals surface area contributed by atoms with Gasteiger partial charge in [-0.25, -0.2) is 0 Å². The van der Waals surface area contributed by atoms with Crippen molar-refractivity contribution in [3.05, 3.63) is 57.4 Å². The number of rotatable bonds is 5. The maximum Gasteiger partial charge on any atom is 0.294 e. The minimum Gasteiger partial charge on any atom is -0.490 e. The highest BCUT2D eigenvalue weighted by Crippen LogP contribution is 2.33. The Kier molecular flexibility index (Phi) is 5.22. The minimum atomic E-state index is -0.611. The zero-order valence-corrected chi connectivity index (χ0v) is 14.6. The molecule has 1 amide bonds. The third-order valence-corrected chi connectivity index (χ3v) is 4.44. The number of benzene rings is 1. The van der Waals surface area contributed by atoms with Crippen molar-refractivity contribution in [1.29, 1.82) is 0 Å². The zero-order valence-electron chi connectivity index (χ0n) is 13.8. The molecule has 1 saturated heterocycles. The standard InChI is InChI=1S/C17H17ClN4O4/c18-11-1-2-15(16(9-11)22(24)25)21-7-4-12(5-8-21)26-13-3-6-20-14(10-13)17(19)23/h1-3,6,9-10,12H,4-5,7-8H2,(H2,19,23). The highest BCUT2D eigenvalue weighted by atomic mass is 35.5. The van der Waals surface area contributed by atoms with Crippen LogP contribution in [-0.4, -0.2) is 35.0 Å². The number of primary amides is 1. The predicted molar refractivity (Wildman–Crippen MR) is 96.7 cm³/mol. The van der Waals surface area contributed by atoms with Gasteiger partial charge in [0.2, 0.25) is 0 Å². The fourth-order valence-corrected chi connectivity index (χ4v) is 3.10. The molecule has 1 aromatic carbocycles. The highest BCUT2D eigenvalue weighted by molar-refractivity contribution is 6.30. The number of nitrogens with two attached hydrogens (primary N) is 1. The molecule has 1 aliphatic rings. The summed E-state index contributed by atoms with van der Waals surface area (Å²) in [6.07, 6.45) is 2.80. The number of nitro benzene ring substituents is 1. The van der Waals surface area contributed by atoms with Crippen molar-refractivity contribution in [2.45, 2.75) is 18.9 Å². The number of halogens is 1. The molecular formula is C17H17ClN4O4. The first kappa shape index (κ1) is 17.9. The summed E-state index contributed by atoms with van der Waals surface area (Å²) in [6.45, 7) is 1.22. The van der Waals surface area contributed by atoms with Crippen molar-refractivity contribution in [2.24, 2.45) is 5.73 Å². The minimum absolute atomic E-state index is 0.00268. The molecule has 3 rings (SSSR count). The second kappa shape index (κ2) is 7.57. The van der Waals surface area contributed by atoms with Crippen LogP contribution >= 0.6 is 11.6 Å². The normalized spacial score (nSPS) is 14.9. The Morgan fingerprint density at radius 1 is 1.31 bits per heavy atom. The van der Waals surface area contributed by atoms with Gasteiger partial charge in [0.1, 0.15) is 23.2 Å². The molecule has 2 aromatic rings. The summed E-state index contributed by atoms with van der Waals surface area (Å²) in [5.41, 5.74) is 5.92. The number of pyridine rings is 1. The van der Waals surface area contributed by atoms with Crippen molar-refractivity contribution in [3.8, 4) is 5.75 Å². The van der Waals surface area contributed by atoms with Gasteiger partial charge in [0, 0.05) is 49.3 Å². The largest absolute Gasteiger partial charge is 0.490 e. The molecule has 9 heteroatoms. The van der Waals surface area contributed by atoms with E-state index < -0.39 is 10.8 Å². The third kappa shape index (κ3) is 4.02. The molecule has 26 heavy (non-hydrogen) atoms. The van der Waals surface area contributed by atoms with Gasteiger partial charge in [-0.15, -0.1) is 0 Å². The lowest BCUT2D eigenvalue weighted by Gasteiger charge is -2.33. The van der Waals surface area contributed by atoms with E-state index in [-0.39, 0.29) is 17.5 Å². The molecule has 1 aromatic heterocycles. The molecule has 2 heterocycles. The topological polar surface area (TPSA) is 112 Å². The maximum absolute atomic E-state index is 11.3. The van der Waals surface area contributed by atoms with Crippen molar-refractivity contribution in [2.75, 3.05) is 18.0 Å². The number of piperidine rings is 1. The first-order valence-electron chi connectivity index (χ1n) is 8.05. The lowest BCUT2D eigenvalue weighted by atomic mass is 10.1. The van der Waals surface area contributed by atoms with Gasteiger partial charge in [-0.3, -0.25) is 19.9 Å². The van der Waals surface area contributed by atoms with Gasteiger partial charge >= 0.3 is 0 Å². The van der Waals surface area contributed by atoms with Crippen LogP contribution in [0.4, 0.5) is 11.4 Å². The second-order valence-corrected chi connectivity index (χ2v) is 6.37. The zero-order chi connectivity index (χ0) is 18.7. The van der Waals surface area contributed by atoms with Gasteiger partial charge in [0.25, 0.3) is 11.6 Å². The Hall–Kier alpha value is -2.87. The van der Waals surface area contributed by atoms with Gasteiger partial charge in [-0.2, -0.15) is 0 Å². The van der Waals surface area contributed by atoms with E-state index in [2.05, 4.69) is 4.98 Å². The second-order valence-electron chi connectivity index (χ2n) is 5.94. The molecule has 0 spiro atoms. The van der Waals surface area contributed by atoms with Crippen LogP contribution in [0.1, 0.15) is 23.3 Å². The molecule has 1 fully saturated rings. The quantitative estimate of drug-likeness (QED) is 0.634. The van der Waals surface area contributed by atoms with Crippen LogP contribution in [0, 0.1) is 10.1 Å². The molecular weight excluding hydrogens is 360 g/mol. The van der Waals surface area contributed by atoms with Crippen LogP contribution in [-0.2, 0) is 0 Å². The number of hydrogen-bond donors (Lipinski definition) is 1. The first-order valence-corrected chi connectivity index (χ1v) is 8.43. The van der Waals surface area contributed by atoms with E-state index in [1.165, 1.54) is 18.3 Å². The van der Waals surface area contributed by atoms with E-state index in [0.717, 1.165) is 0 Å². The number of nitrogens with zero attached hydrogens (tertiary/aromatic N) is 3. The molecule has 0 bridgehead atoms. The van der Waals surface area contributed by atoms with E-state index in [1.807, 2.05) is 4.90 Å². The summed E-state index contributed by atoms with van der Waals surface area (Å²) < 4.78 is 5.90. The molecule has 136 valence electrons. The van der Waals surface area contributed by atoms with Crippen molar-refractivity contribution in [3.63, 3.8) is 0 Å². The summed E-state index contributed by atoms with van der Waals surface area (Å²) in [5, 5.41) is 11.6. The number of aromatic nitrogens is 1. The van der Waals surface area contributed by atoms with E-state index in [9.17, 15) is 14.9 Å². The number of ether oxygens (including phenoxy) is 1. The Morgan fingerprint density at radius 2 is 2.04 bits per heavy atom. The lowest BCUT2D eigenvalue weighted by molar-refractivity contribution is -0.384. The molecule has 0 atom stereocenters. The lowest BCUT2D eigenvalue weighted by Crippen LogP contribution is -2.38. The predicted octanol–water partition coefficient (Wildman–Crippen LogP) is 2.79. The Morgan fingerprint density at radius 3 is 2.69 bits per heavy atom.